The first-order chi connectivity index (χ1) is 9.58. The Hall–Kier alpha value is -2.43. The molecule has 0 radical (unpaired) electrons. The minimum absolute atomic E-state index is 0.0625. The Morgan fingerprint density at radius 2 is 2.20 bits per heavy atom. The second kappa shape index (κ2) is 6.14. The summed E-state index contributed by atoms with van der Waals surface area (Å²) in [5, 5.41) is 9.04. The molecule has 5 nitrogen and oxygen atoms in total. The van der Waals surface area contributed by atoms with Crippen LogP contribution in [-0.2, 0) is 6.61 Å². The number of hydrogen-bond acceptors (Lipinski definition) is 4. The molecule has 0 saturated carbocycles. The van der Waals surface area contributed by atoms with E-state index in [1.54, 1.807) is 0 Å². The lowest BCUT2D eigenvalue weighted by molar-refractivity contribution is 0.0692. The highest BCUT2D eigenvalue weighted by Crippen LogP contribution is 2.21. The smallest absolute Gasteiger partial charge is 0.339 e. The largest absolute Gasteiger partial charge is 0.487 e. The van der Waals surface area contributed by atoms with Gasteiger partial charge >= 0.3 is 5.97 Å². The Morgan fingerprint density at radius 1 is 1.40 bits per heavy atom. The number of carboxylic acids is 1. The van der Waals surface area contributed by atoms with Crippen molar-refractivity contribution in [3.05, 3.63) is 53.6 Å². The van der Waals surface area contributed by atoms with Crippen LogP contribution in [0.1, 0.15) is 41.4 Å². The van der Waals surface area contributed by atoms with Crippen molar-refractivity contribution in [2.45, 2.75) is 26.4 Å². The lowest BCUT2D eigenvalue weighted by Gasteiger charge is -2.10. The van der Waals surface area contributed by atoms with Gasteiger partial charge in [0.15, 0.2) is 0 Å². The van der Waals surface area contributed by atoms with Crippen LogP contribution in [0.4, 0.5) is 0 Å². The Labute approximate surface area is 117 Å². The predicted molar refractivity (Wildman–Crippen MR) is 73.9 cm³/mol. The van der Waals surface area contributed by atoms with Crippen molar-refractivity contribution in [2.75, 3.05) is 0 Å². The van der Waals surface area contributed by atoms with Gasteiger partial charge < -0.3 is 9.84 Å². The maximum Gasteiger partial charge on any atom is 0.339 e. The van der Waals surface area contributed by atoms with Crippen molar-refractivity contribution in [3.63, 3.8) is 0 Å². The molecule has 2 aromatic rings. The second-order valence-electron chi connectivity index (χ2n) is 4.70. The summed E-state index contributed by atoms with van der Waals surface area (Å²) in [6.45, 7) is 4.31. The predicted octanol–water partition coefficient (Wildman–Crippen LogP) is 2.88. The lowest BCUT2D eigenvalue weighted by atomic mass is 10.0. The van der Waals surface area contributed by atoms with Crippen LogP contribution in [-0.4, -0.2) is 21.0 Å². The third-order valence-corrected chi connectivity index (χ3v) is 2.93. The van der Waals surface area contributed by atoms with Crippen molar-refractivity contribution in [3.8, 4) is 5.75 Å². The third kappa shape index (κ3) is 3.32. The van der Waals surface area contributed by atoms with E-state index in [4.69, 9.17) is 9.84 Å². The van der Waals surface area contributed by atoms with E-state index in [-0.39, 0.29) is 12.2 Å². The van der Waals surface area contributed by atoms with Gasteiger partial charge in [-0.2, -0.15) is 0 Å². The molecule has 0 aliphatic carbocycles. The van der Waals surface area contributed by atoms with Crippen LogP contribution in [0.25, 0.3) is 0 Å². The minimum Gasteiger partial charge on any atom is -0.487 e. The molecule has 104 valence electrons. The summed E-state index contributed by atoms with van der Waals surface area (Å²) in [5.41, 5.74) is 1.60. The van der Waals surface area contributed by atoms with Gasteiger partial charge in [0.25, 0.3) is 0 Å². The van der Waals surface area contributed by atoms with Crippen molar-refractivity contribution < 1.29 is 14.6 Å². The van der Waals surface area contributed by atoms with E-state index in [1.807, 2.05) is 24.3 Å². The number of aromatic carboxylic acids is 1. The Balaban J connectivity index is 2.13. The molecule has 0 aliphatic heterocycles. The first kappa shape index (κ1) is 14.0. The topological polar surface area (TPSA) is 72.3 Å². The molecular weight excluding hydrogens is 256 g/mol. The maximum atomic E-state index is 11.0. The van der Waals surface area contributed by atoms with Crippen molar-refractivity contribution in [2.24, 2.45) is 0 Å². The van der Waals surface area contributed by atoms with Crippen molar-refractivity contribution >= 4 is 5.97 Å². The van der Waals surface area contributed by atoms with Gasteiger partial charge in [-0.05, 0) is 23.6 Å². The molecule has 5 heteroatoms. The van der Waals surface area contributed by atoms with E-state index in [0.29, 0.717) is 17.4 Å². The highest BCUT2D eigenvalue weighted by molar-refractivity contribution is 5.88. The van der Waals surface area contributed by atoms with E-state index in [9.17, 15) is 4.79 Å². The second-order valence-corrected chi connectivity index (χ2v) is 4.70. The highest BCUT2D eigenvalue weighted by atomic mass is 16.5. The molecule has 1 N–H and O–H groups in total. The summed E-state index contributed by atoms with van der Waals surface area (Å²) in [4.78, 5) is 18.7. The first-order valence-electron chi connectivity index (χ1n) is 6.33. The summed E-state index contributed by atoms with van der Waals surface area (Å²) in [5.74, 6) is 0.0541. The van der Waals surface area contributed by atoms with Crippen LogP contribution >= 0.6 is 0 Å². The Kier molecular flexibility index (Phi) is 4.30. The van der Waals surface area contributed by atoms with Gasteiger partial charge in [-0.3, -0.25) is 0 Å². The van der Waals surface area contributed by atoms with Crippen molar-refractivity contribution in [1.29, 1.82) is 0 Å². The Morgan fingerprint density at radius 3 is 2.90 bits per heavy atom. The number of rotatable bonds is 5. The van der Waals surface area contributed by atoms with E-state index >= 15 is 0 Å². The molecule has 1 heterocycles. The first-order valence-corrected chi connectivity index (χ1v) is 6.33. The number of benzene rings is 1. The zero-order valence-corrected chi connectivity index (χ0v) is 11.4. The van der Waals surface area contributed by atoms with E-state index < -0.39 is 5.97 Å². The molecule has 0 bridgehead atoms. The molecule has 1 aromatic carbocycles. The standard InChI is InChI=1S/C15H16N2O3/c1-10(2)11-4-3-5-12(6-11)20-8-14-13(15(18)19)7-16-9-17-14/h3-7,9-10H,8H2,1-2H3,(H,18,19). The molecule has 0 aliphatic rings. The fourth-order valence-corrected chi connectivity index (χ4v) is 1.76. The normalized spacial score (nSPS) is 10.6. The fraction of sp³-hybridized carbons (Fsp3) is 0.267. The van der Waals surface area contributed by atoms with Crippen LogP contribution in [0.5, 0.6) is 5.75 Å². The quantitative estimate of drug-likeness (QED) is 0.906. The molecule has 0 spiro atoms. The number of hydrogen-bond donors (Lipinski definition) is 1. The third-order valence-electron chi connectivity index (χ3n) is 2.93. The molecule has 0 atom stereocenters. The van der Waals surface area contributed by atoms with Gasteiger partial charge in [0.2, 0.25) is 0 Å². The number of carboxylic acid groups (broad SMARTS) is 1. The summed E-state index contributed by atoms with van der Waals surface area (Å²) < 4.78 is 5.62. The minimum atomic E-state index is -1.06. The van der Waals surface area contributed by atoms with Crippen LogP contribution in [0.2, 0.25) is 0 Å². The van der Waals surface area contributed by atoms with Gasteiger partial charge in [0.05, 0.1) is 5.69 Å². The lowest BCUT2D eigenvalue weighted by Crippen LogP contribution is -2.08. The zero-order valence-electron chi connectivity index (χ0n) is 11.4. The average molecular weight is 272 g/mol. The molecule has 2 rings (SSSR count). The number of aromatic nitrogens is 2. The van der Waals surface area contributed by atoms with Gasteiger partial charge in [-0.1, -0.05) is 26.0 Å². The monoisotopic (exact) mass is 272 g/mol. The van der Waals surface area contributed by atoms with Gasteiger partial charge in [0.1, 0.15) is 24.2 Å². The SMILES string of the molecule is CC(C)c1cccc(OCc2ncncc2C(=O)O)c1. The molecular formula is C15H16N2O3. The summed E-state index contributed by atoms with van der Waals surface area (Å²) in [6.07, 6.45) is 2.59. The summed E-state index contributed by atoms with van der Waals surface area (Å²) in [7, 11) is 0. The van der Waals surface area contributed by atoms with Crippen LogP contribution in [0.15, 0.2) is 36.8 Å². The Bertz CT molecular complexity index is 612. The number of carbonyl (C=O) groups is 1. The van der Waals surface area contributed by atoms with Gasteiger partial charge in [-0.25, -0.2) is 14.8 Å². The molecule has 0 amide bonds. The summed E-state index contributed by atoms with van der Waals surface area (Å²) >= 11 is 0. The van der Waals surface area contributed by atoms with E-state index in [1.165, 1.54) is 18.1 Å². The molecule has 0 saturated heterocycles. The molecule has 0 fully saturated rings. The zero-order chi connectivity index (χ0) is 14.5. The maximum absolute atomic E-state index is 11.0. The number of ether oxygens (including phenoxy) is 1. The van der Waals surface area contributed by atoms with E-state index in [2.05, 4.69) is 23.8 Å². The van der Waals surface area contributed by atoms with Crippen LogP contribution in [0.3, 0.4) is 0 Å². The van der Waals surface area contributed by atoms with E-state index in [0.717, 1.165) is 0 Å². The van der Waals surface area contributed by atoms with Gasteiger partial charge in [-0.15, -0.1) is 0 Å². The van der Waals surface area contributed by atoms with Gasteiger partial charge in [0, 0.05) is 6.20 Å². The fourth-order valence-electron chi connectivity index (χ4n) is 1.76. The van der Waals surface area contributed by atoms with Crippen LogP contribution < -0.4 is 4.74 Å². The average Bonchev–Trinajstić information content (AvgIpc) is 2.45. The highest BCUT2D eigenvalue weighted by Gasteiger charge is 2.12. The molecule has 20 heavy (non-hydrogen) atoms. The number of nitrogens with zero attached hydrogens (tertiary/aromatic N) is 2. The summed E-state index contributed by atoms with van der Waals surface area (Å²) in [6, 6.07) is 7.74. The van der Waals surface area contributed by atoms with Crippen molar-refractivity contribution in [1.82, 2.24) is 9.97 Å². The van der Waals surface area contributed by atoms with Crippen LogP contribution in [0, 0.1) is 0 Å². The molecule has 0 unspecified atom stereocenters. The molecule has 1 aromatic heterocycles.